The summed E-state index contributed by atoms with van der Waals surface area (Å²) in [4.78, 5) is 16.7. The molecule has 1 fully saturated rings. The van der Waals surface area contributed by atoms with Gasteiger partial charge in [0.2, 0.25) is 0 Å². The Kier molecular flexibility index (Phi) is 4.41. The number of nitrogens with zero attached hydrogens (tertiary/aromatic N) is 3. The third kappa shape index (κ3) is 3.53. The third-order valence-corrected chi connectivity index (χ3v) is 3.69. The highest BCUT2D eigenvalue weighted by molar-refractivity contribution is 14.1. The molecular formula is C14H20IN3O2. The molecule has 1 aromatic rings. The van der Waals surface area contributed by atoms with Crippen molar-refractivity contribution in [1.29, 1.82) is 0 Å². The van der Waals surface area contributed by atoms with Crippen LogP contribution in [0.15, 0.2) is 18.3 Å². The molecule has 6 heteroatoms. The van der Waals surface area contributed by atoms with E-state index in [1.807, 2.05) is 37.9 Å². The summed E-state index contributed by atoms with van der Waals surface area (Å²) >= 11 is 2.24. The number of hydrazine groups is 1. The number of pyridine rings is 1. The van der Waals surface area contributed by atoms with Gasteiger partial charge in [-0.25, -0.2) is 14.8 Å². The molecule has 1 atom stereocenters. The highest BCUT2D eigenvalue weighted by Gasteiger charge is 2.35. The van der Waals surface area contributed by atoms with E-state index in [0.29, 0.717) is 12.5 Å². The molecule has 0 N–H and O–H groups in total. The number of anilines is 1. The van der Waals surface area contributed by atoms with Gasteiger partial charge in [-0.3, -0.25) is 5.01 Å². The molecule has 5 nitrogen and oxygen atoms in total. The number of halogens is 1. The molecule has 0 aliphatic carbocycles. The van der Waals surface area contributed by atoms with Gasteiger partial charge in [0.05, 0.1) is 10.1 Å². The van der Waals surface area contributed by atoms with E-state index in [-0.39, 0.29) is 6.09 Å². The average molecular weight is 389 g/mol. The van der Waals surface area contributed by atoms with Crippen molar-refractivity contribution in [1.82, 2.24) is 9.99 Å². The number of rotatable bonds is 1. The first-order chi connectivity index (χ1) is 9.28. The summed E-state index contributed by atoms with van der Waals surface area (Å²) in [5.41, 5.74) is -0.494. The minimum Gasteiger partial charge on any atom is -0.442 e. The summed E-state index contributed by atoms with van der Waals surface area (Å²) < 4.78 is 6.50. The molecule has 0 spiro atoms. The summed E-state index contributed by atoms with van der Waals surface area (Å²) in [6.07, 6.45) is 1.43. The lowest BCUT2D eigenvalue weighted by Crippen LogP contribution is -2.44. The standard InChI is InChI=1S/C14H20IN3O2/c1-10-8-17(12-11(15)6-5-7-16-12)18(9-10)13(19)20-14(2,3)4/h5-7,10H,8-9H2,1-4H3. The first-order valence-electron chi connectivity index (χ1n) is 6.66. The molecule has 0 saturated carbocycles. The van der Waals surface area contributed by atoms with Crippen LogP contribution in [0, 0.1) is 9.49 Å². The van der Waals surface area contributed by atoms with Gasteiger partial charge in [0, 0.05) is 12.7 Å². The minimum absolute atomic E-state index is 0.316. The van der Waals surface area contributed by atoms with Crippen molar-refractivity contribution in [2.24, 2.45) is 5.92 Å². The van der Waals surface area contributed by atoms with Gasteiger partial charge in [0.1, 0.15) is 5.60 Å². The predicted octanol–water partition coefficient (Wildman–Crippen LogP) is 3.29. The smallest absolute Gasteiger partial charge is 0.429 e. The van der Waals surface area contributed by atoms with Gasteiger partial charge >= 0.3 is 6.09 Å². The Labute approximate surface area is 133 Å². The Balaban J connectivity index is 2.23. The molecule has 1 aliphatic rings. The van der Waals surface area contributed by atoms with Crippen molar-refractivity contribution >= 4 is 34.5 Å². The lowest BCUT2D eigenvalue weighted by atomic mass is 10.2. The topological polar surface area (TPSA) is 45.7 Å². The minimum atomic E-state index is -0.494. The zero-order chi connectivity index (χ0) is 14.9. The van der Waals surface area contributed by atoms with Crippen molar-refractivity contribution in [3.8, 4) is 0 Å². The summed E-state index contributed by atoms with van der Waals surface area (Å²) in [6, 6.07) is 3.88. The van der Waals surface area contributed by atoms with Crippen molar-refractivity contribution in [3.63, 3.8) is 0 Å². The first kappa shape index (κ1) is 15.3. The van der Waals surface area contributed by atoms with Crippen molar-refractivity contribution in [3.05, 3.63) is 21.9 Å². The number of amides is 1. The number of aromatic nitrogens is 1. The van der Waals surface area contributed by atoms with E-state index < -0.39 is 5.60 Å². The van der Waals surface area contributed by atoms with Crippen LogP contribution in [0.3, 0.4) is 0 Å². The fraction of sp³-hybridized carbons (Fsp3) is 0.571. The van der Waals surface area contributed by atoms with Gasteiger partial charge in [0.15, 0.2) is 5.82 Å². The van der Waals surface area contributed by atoms with Gasteiger partial charge in [-0.15, -0.1) is 0 Å². The molecular weight excluding hydrogens is 369 g/mol. The molecule has 0 radical (unpaired) electrons. The Hall–Kier alpha value is -1.05. The van der Waals surface area contributed by atoms with Crippen LogP contribution in [0.4, 0.5) is 10.6 Å². The molecule has 20 heavy (non-hydrogen) atoms. The Morgan fingerprint density at radius 2 is 2.15 bits per heavy atom. The number of hydrogen-bond donors (Lipinski definition) is 0. The fourth-order valence-electron chi connectivity index (χ4n) is 2.10. The van der Waals surface area contributed by atoms with Gasteiger partial charge in [-0.1, -0.05) is 6.92 Å². The monoisotopic (exact) mass is 389 g/mol. The molecule has 2 rings (SSSR count). The van der Waals surface area contributed by atoms with E-state index in [0.717, 1.165) is 15.9 Å². The molecule has 1 amide bonds. The van der Waals surface area contributed by atoms with Crippen molar-refractivity contribution < 1.29 is 9.53 Å². The second-order valence-corrected chi connectivity index (χ2v) is 7.22. The van der Waals surface area contributed by atoms with Crippen LogP contribution in [0.5, 0.6) is 0 Å². The highest BCUT2D eigenvalue weighted by atomic mass is 127. The third-order valence-electron chi connectivity index (χ3n) is 2.85. The number of carbonyl (C=O) groups excluding carboxylic acids is 1. The maximum absolute atomic E-state index is 12.3. The van der Waals surface area contributed by atoms with Crippen LogP contribution in [-0.4, -0.2) is 34.8 Å². The first-order valence-corrected chi connectivity index (χ1v) is 7.74. The van der Waals surface area contributed by atoms with Gasteiger partial charge in [-0.2, -0.15) is 0 Å². The maximum Gasteiger partial charge on any atom is 0.429 e. The van der Waals surface area contributed by atoms with Crippen LogP contribution in [-0.2, 0) is 4.74 Å². The fourth-order valence-corrected chi connectivity index (χ4v) is 2.73. The van der Waals surface area contributed by atoms with E-state index >= 15 is 0 Å². The molecule has 0 aromatic carbocycles. The van der Waals surface area contributed by atoms with Gasteiger partial charge in [0.25, 0.3) is 0 Å². The lowest BCUT2D eigenvalue weighted by molar-refractivity contribution is 0.0266. The number of ether oxygens (including phenoxy) is 1. The van der Waals surface area contributed by atoms with Crippen LogP contribution in [0.2, 0.25) is 0 Å². The summed E-state index contributed by atoms with van der Waals surface area (Å²) in [7, 11) is 0. The lowest BCUT2D eigenvalue weighted by Gasteiger charge is -2.31. The summed E-state index contributed by atoms with van der Waals surface area (Å²) in [5, 5.41) is 3.57. The molecule has 1 unspecified atom stereocenters. The molecule has 1 saturated heterocycles. The zero-order valence-corrected chi connectivity index (χ0v) is 14.4. The second-order valence-electron chi connectivity index (χ2n) is 6.06. The second kappa shape index (κ2) is 5.75. The van der Waals surface area contributed by atoms with Crippen molar-refractivity contribution in [2.75, 3.05) is 18.1 Å². The average Bonchev–Trinajstić information content (AvgIpc) is 2.69. The highest BCUT2D eigenvalue weighted by Crippen LogP contribution is 2.28. The largest absolute Gasteiger partial charge is 0.442 e. The predicted molar refractivity (Wildman–Crippen MR) is 86.4 cm³/mol. The summed E-state index contributed by atoms with van der Waals surface area (Å²) in [6.45, 7) is 9.17. The Morgan fingerprint density at radius 1 is 1.45 bits per heavy atom. The zero-order valence-electron chi connectivity index (χ0n) is 12.3. The van der Waals surface area contributed by atoms with Gasteiger partial charge in [-0.05, 0) is 61.4 Å². The van der Waals surface area contributed by atoms with Crippen LogP contribution >= 0.6 is 22.6 Å². The van der Waals surface area contributed by atoms with Crippen molar-refractivity contribution in [2.45, 2.75) is 33.3 Å². The van der Waals surface area contributed by atoms with E-state index in [9.17, 15) is 4.79 Å². The number of hydrogen-bond acceptors (Lipinski definition) is 4. The van der Waals surface area contributed by atoms with E-state index in [1.54, 1.807) is 11.2 Å². The van der Waals surface area contributed by atoms with E-state index in [4.69, 9.17) is 4.74 Å². The van der Waals surface area contributed by atoms with E-state index in [2.05, 4.69) is 34.5 Å². The summed E-state index contributed by atoms with van der Waals surface area (Å²) in [5.74, 6) is 1.20. The van der Waals surface area contributed by atoms with Gasteiger partial charge < -0.3 is 4.74 Å². The van der Waals surface area contributed by atoms with Crippen LogP contribution < -0.4 is 5.01 Å². The quantitative estimate of drug-likeness (QED) is 0.692. The molecule has 0 bridgehead atoms. The number of carbonyl (C=O) groups is 1. The molecule has 1 aliphatic heterocycles. The Bertz CT molecular complexity index is 501. The van der Waals surface area contributed by atoms with Crippen LogP contribution in [0.25, 0.3) is 0 Å². The SMILES string of the molecule is CC1CN(C(=O)OC(C)(C)C)N(c2ncccc2I)C1. The molecule has 2 heterocycles. The molecule has 110 valence electrons. The van der Waals surface area contributed by atoms with Crippen LogP contribution in [0.1, 0.15) is 27.7 Å². The normalized spacial score (nSPS) is 19.4. The van der Waals surface area contributed by atoms with E-state index in [1.165, 1.54) is 0 Å². The maximum atomic E-state index is 12.3. The molecule has 1 aromatic heterocycles. The Morgan fingerprint density at radius 3 is 2.75 bits per heavy atom.